The lowest BCUT2D eigenvalue weighted by Gasteiger charge is -2.17. The van der Waals surface area contributed by atoms with Crippen molar-refractivity contribution < 1.29 is 19.4 Å². The van der Waals surface area contributed by atoms with Crippen LogP contribution >= 0.6 is 11.6 Å². The molecule has 11 heteroatoms. The van der Waals surface area contributed by atoms with Gasteiger partial charge in [0.15, 0.2) is 0 Å². The highest BCUT2D eigenvalue weighted by Crippen LogP contribution is 2.43. The van der Waals surface area contributed by atoms with Crippen molar-refractivity contribution in [3.05, 3.63) is 103 Å². The van der Waals surface area contributed by atoms with Gasteiger partial charge in [-0.05, 0) is 79.9 Å². The summed E-state index contributed by atoms with van der Waals surface area (Å²) >= 11 is 6.34. The molecule has 0 saturated heterocycles. The monoisotopic (exact) mass is 618 g/mol. The summed E-state index contributed by atoms with van der Waals surface area (Å²) in [5.74, 6) is -0.944. The van der Waals surface area contributed by atoms with Crippen LogP contribution in [0.1, 0.15) is 47.2 Å². The molecule has 1 fully saturated rings. The number of rotatable bonds is 12. The molecule has 1 aliphatic rings. The fourth-order valence-corrected chi connectivity index (χ4v) is 5.46. The minimum absolute atomic E-state index is 0.0108. The number of amides is 1. The third-order valence-corrected chi connectivity index (χ3v) is 8.37. The van der Waals surface area contributed by atoms with E-state index in [1.165, 1.54) is 4.57 Å². The first-order chi connectivity index (χ1) is 21.1. The molecular formula is C33H35ClN4O6. The van der Waals surface area contributed by atoms with Crippen LogP contribution in [0.3, 0.4) is 0 Å². The second-order valence-corrected chi connectivity index (χ2v) is 11.5. The van der Waals surface area contributed by atoms with Crippen LogP contribution in [0.2, 0.25) is 5.02 Å². The van der Waals surface area contributed by atoms with Crippen LogP contribution in [-0.2, 0) is 18.3 Å². The number of carboxylic acid groups (broad SMARTS) is 1. The molecule has 230 valence electrons. The predicted octanol–water partition coefficient (Wildman–Crippen LogP) is 3.98. The maximum atomic E-state index is 13.5. The lowest BCUT2D eigenvalue weighted by atomic mass is 10.0. The van der Waals surface area contributed by atoms with Gasteiger partial charge in [0.25, 0.3) is 11.5 Å². The summed E-state index contributed by atoms with van der Waals surface area (Å²) in [6.45, 7) is 4.13. The van der Waals surface area contributed by atoms with Crippen molar-refractivity contribution in [1.29, 1.82) is 0 Å². The van der Waals surface area contributed by atoms with Gasteiger partial charge in [-0.1, -0.05) is 42.8 Å². The molecule has 0 aliphatic heterocycles. The number of ether oxygens (including phenoxy) is 1. The van der Waals surface area contributed by atoms with Gasteiger partial charge in [0, 0.05) is 20.0 Å². The Hall–Kier alpha value is -4.41. The van der Waals surface area contributed by atoms with E-state index in [0.29, 0.717) is 40.1 Å². The summed E-state index contributed by atoms with van der Waals surface area (Å²) in [5.41, 5.74) is 1.54. The van der Waals surface area contributed by atoms with Gasteiger partial charge >= 0.3 is 11.7 Å². The van der Waals surface area contributed by atoms with Crippen molar-refractivity contribution in [1.82, 2.24) is 19.4 Å². The van der Waals surface area contributed by atoms with E-state index in [-0.39, 0.29) is 17.4 Å². The summed E-state index contributed by atoms with van der Waals surface area (Å²) in [6.07, 6.45) is 1.91. The van der Waals surface area contributed by atoms with Gasteiger partial charge in [-0.25, -0.2) is 14.2 Å². The van der Waals surface area contributed by atoms with Crippen molar-refractivity contribution >= 4 is 34.4 Å². The number of hydrogen-bond donors (Lipinski definition) is 2. The van der Waals surface area contributed by atoms with Crippen LogP contribution in [-0.4, -0.2) is 63.8 Å². The number of carbonyl (C=O) groups is 2. The van der Waals surface area contributed by atoms with Gasteiger partial charge in [0.05, 0.1) is 27.2 Å². The van der Waals surface area contributed by atoms with Gasteiger partial charge < -0.3 is 20.1 Å². The highest BCUT2D eigenvalue weighted by molar-refractivity contribution is 6.34. The van der Waals surface area contributed by atoms with E-state index < -0.39 is 29.2 Å². The number of aliphatic carboxylic acids is 1. The van der Waals surface area contributed by atoms with E-state index >= 15 is 0 Å². The summed E-state index contributed by atoms with van der Waals surface area (Å²) < 4.78 is 8.33. The third kappa shape index (κ3) is 6.56. The topological polar surface area (TPSA) is 123 Å². The molecule has 0 unspecified atom stereocenters. The van der Waals surface area contributed by atoms with E-state index in [9.17, 15) is 24.3 Å². The average molecular weight is 619 g/mol. The van der Waals surface area contributed by atoms with Crippen LogP contribution in [0.5, 0.6) is 5.75 Å². The smallest absolute Gasteiger partial charge is 0.335 e. The van der Waals surface area contributed by atoms with E-state index in [0.717, 1.165) is 36.1 Å². The first-order valence-electron chi connectivity index (χ1n) is 14.6. The molecule has 2 N–H and O–H groups in total. The molecule has 44 heavy (non-hydrogen) atoms. The Morgan fingerprint density at radius 2 is 1.84 bits per heavy atom. The van der Waals surface area contributed by atoms with Crippen molar-refractivity contribution in [2.45, 2.75) is 38.1 Å². The van der Waals surface area contributed by atoms with Crippen molar-refractivity contribution in [3.63, 3.8) is 0 Å². The highest BCUT2D eigenvalue weighted by atomic mass is 35.5. The number of aryl methyl sites for hydroxylation is 1. The average Bonchev–Trinajstić information content (AvgIpc) is 3.86. The highest BCUT2D eigenvalue weighted by Gasteiger charge is 2.31. The van der Waals surface area contributed by atoms with Gasteiger partial charge in [-0.15, -0.1) is 0 Å². The lowest BCUT2D eigenvalue weighted by molar-refractivity contribution is -0.139. The number of nitrogens with zero attached hydrogens (tertiary/aromatic N) is 3. The molecule has 10 nitrogen and oxygen atoms in total. The van der Waals surface area contributed by atoms with Crippen LogP contribution in [0, 0.1) is 0 Å². The van der Waals surface area contributed by atoms with E-state index in [1.54, 1.807) is 61.6 Å². The van der Waals surface area contributed by atoms with Crippen LogP contribution < -0.4 is 21.3 Å². The zero-order chi connectivity index (χ0) is 31.5. The molecule has 0 radical (unpaired) electrons. The number of hydrogen-bond acceptors (Lipinski definition) is 6. The third-order valence-electron chi connectivity index (χ3n) is 8.05. The first kappa shape index (κ1) is 31.0. The molecule has 1 aliphatic carbocycles. The number of carbonyl (C=O) groups excluding carboxylic acids is 1. The fourth-order valence-electron chi connectivity index (χ4n) is 5.20. The standard InChI is InChI=1S/C33H35ClN4O6/c1-4-36(2)16-17-44-23-14-15-28-25(19-23)31(40)38(33(43)37(28)3)22-12-8-20(9-13-22)18-27(32(41)42)35-30(39)29-24(21-10-11-21)6-5-7-26(29)34/h5-9,12-15,19,21,27H,4,10-11,16-18H2,1-3H3,(H,35,39)(H,41,42)/t27-/m0/s1. The van der Waals surface area contributed by atoms with Crippen LogP contribution in [0.4, 0.5) is 0 Å². The molecule has 1 heterocycles. The molecule has 0 spiro atoms. The van der Waals surface area contributed by atoms with E-state index in [1.807, 2.05) is 13.1 Å². The number of halogens is 1. The van der Waals surface area contributed by atoms with Gasteiger partial charge in [0.2, 0.25) is 0 Å². The Kier molecular flexibility index (Phi) is 9.22. The molecule has 5 rings (SSSR count). The Labute approximate surface area is 259 Å². The van der Waals surface area contributed by atoms with Crippen LogP contribution in [0.15, 0.2) is 70.3 Å². The normalized spacial score (nSPS) is 13.7. The zero-order valence-electron chi connectivity index (χ0n) is 24.9. The van der Waals surface area contributed by atoms with E-state index in [4.69, 9.17) is 16.3 Å². The lowest BCUT2D eigenvalue weighted by Crippen LogP contribution is -2.42. The number of nitrogens with one attached hydrogen (secondary N) is 1. The van der Waals surface area contributed by atoms with Crippen molar-refractivity contribution in [2.75, 3.05) is 26.7 Å². The molecule has 1 atom stereocenters. The summed E-state index contributed by atoms with van der Waals surface area (Å²) in [4.78, 5) is 54.2. The fraction of sp³-hybridized carbons (Fsp3) is 0.333. The second kappa shape index (κ2) is 13.1. The molecule has 3 aromatic carbocycles. The number of benzene rings is 3. The Bertz CT molecular complexity index is 1830. The zero-order valence-corrected chi connectivity index (χ0v) is 25.6. The van der Waals surface area contributed by atoms with E-state index in [2.05, 4.69) is 17.1 Å². The van der Waals surface area contributed by atoms with Gasteiger partial charge in [-0.2, -0.15) is 0 Å². The molecule has 0 bridgehead atoms. The first-order valence-corrected chi connectivity index (χ1v) is 14.9. The second-order valence-electron chi connectivity index (χ2n) is 11.1. The maximum absolute atomic E-state index is 13.5. The maximum Gasteiger partial charge on any atom is 0.335 e. The number of fused-ring (bicyclic) bond motifs is 1. The Morgan fingerprint density at radius 1 is 1.11 bits per heavy atom. The summed E-state index contributed by atoms with van der Waals surface area (Å²) in [6, 6.07) is 15.6. The largest absolute Gasteiger partial charge is 0.492 e. The van der Waals surface area contributed by atoms with Gasteiger partial charge in [-0.3, -0.25) is 14.2 Å². The predicted molar refractivity (Wildman–Crippen MR) is 169 cm³/mol. The number of carboxylic acids is 1. The summed E-state index contributed by atoms with van der Waals surface area (Å²) in [5, 5.41) is 13.1. The quantitative estimate of drug-likeness (QED) is 0.246. The molecule has 4 aromatic rings. The molecule has 1 amide bonds. The Balaban J connectivity index is 1.37. The molecular weight excluding hydrogens is 584 g/mol. The number of aromatic nitrogens is 2. The van der Waals surface area contributed by atoms with Crippen LogP contribution in [0.25, 0.3) is 16.6 Å². The van der Waals surface area contributed by atoms with Crippen molar-refractivity contribution in [3.8, 4) is 11.4 Å². The molecule has 1 saturated carbocycles. The molecule has 1 aromatic heterocycles. The van der Waals surface area contributed by atoms with Crippen molar-refractivity contribution in [2.24, 2.45) is 7.05 Å². The minimum atomic E-state index is -1.22. The SMILES string of the molecule is CCN(C)CCOc1ccc2c(c1)c(=O)n(-c1ccc(C[C@H](NC(=O)c3c(Cl)cccc3C3CC3)C(=O)O)cc1)c(=O)n2C. The Morgan fingerprint density at radius 3 is 2.50 bits per heavy atom. The summed E-state index contributed by atoms with van der Waals surface area (Å²) in [7, 11) is 3.59. The number of likely N-dealkylation sites (N-methyl/N-ethyl adjacent to an activating group) is 1. The van der Waals surface area contributed by atoms with Gasteiger partial charge in [0.1, 0.15) is 18.4 Å². The minimum Gasteiger partial charge on any atom is -0.492 e.